The van der Waals surface area contributed by atoms with E-state index in [9.17, 15) is 13.2 Å². The first-order chi connectivity index (χ1) is 13.9. The number of benzene rings is 2. The fraction of sp³-hybridized carbons (Fsp3) is 0.238. The minimum atomic E-state index is -3.78. The summed E-state index contributed by atoms with van der Waals surface area (Å²) in [7, 11) is -2.32. The lowest BCUT2D eigenvalue weighted by atomic mass is 10.1. The molecule has 152 valence electrons. The first-order valence-corrected chi connectivity index (χ1v) is 10.7. The Hall–Kier alpha value is -3.13. The Bertz CT molecular complexity index is 1060. The monoisotopic (exact) mass is 412 g/mol. The van der Waals surface area contributed by atoms with Crippen LogP contribution in [0.15, 0.2) is 72.1 Å². The van der Waals surface area contributed by atoms with Gasteiger partial charge in [-0.25, -0.2) is 13.4 Å². The molecule has 2 aromatic carbocycles. The summed E-state index contributed by atoms with van der Waals surface area (Å²) in [6, 6.07) is 13.3. The summed E-state index contributed by atoms with van der Waals surface area (Å²) in [6.07, 6.45) is 6.03. The molecule has 0 saturated carbocycles. The number of rotatable bonds is 8. The lowest BCUT2D eigenvalue weighted by Crippen LogP contribution is -2.31. The molecule has 1 amide bonds. The number of carbonyl (C=O) groups is 1. The fourth-order valence-electron chi connectivity index (χ4n) is 2.92. The number of anilines is 1. The third kappa shape index (κ3) is 4.83. The average molecular weight is 413 g/mol. The maximum absolute atomic E-state index is 13.0. The number of carbonyl (C=O) groups excluding carboxylic acids is 1. The van der Waals surface area contributed by atoms with Crippen molar-refractivity contribution in [2.75, 3.05) is 17.9 Å². The van der Waals surface area contributed by atoms with Crippen molar-refractivity contribution in [3.05, 3.63) is 78.4 Å². The molecule has 0 aliphatic carbocycles. The molecule has 0 radical (unpaired) electrons. The highest BCUT2D eigenvalue weighted by molar-refractivity contribution is 7.92. The van der Waals surface area contributed by atoms with E-state index in [2.05, 4.69) is 10.3 Å². The van der Waals surface area contributed by atoms with Gasteiger partial charge in [-0.15, -0.1) is 0 Å². The molecule has 0 unspecified atom stereocenters. The molecule has 0 bridgehead atoms. The van der Waals surface area contributed by atoms with Gasteiger partial charge in [0.25, 0.3) is 15.9 Å². The Balaban J connectivity index is 1.73. The van der Waals surface area contributed by atoms with E-state index in [0.29, 0.717) is 17.8 Å². The average Bonchev–Trinajstić information content (AvgIpc) is 3.24. The van der Waals surface area contributed by atoms with Gasteiger partial charge in [0.2, 0.25) is 0 Å². The molecule has 1 heterocycles. The minimum absolute atomic E-state index is 0.182. The van der Waals surface area contributed by atoms with Crippen LogP contribution in [0.4, 0.5) is 5.69 Å². The summed E-state index contributed by atoms with van der Waals surface area (Å²) in [5, 5.41) is 2.86. The molecule has 1 N–H and O–H groups in total. The van der Waals surface area contributed by atoms with Crippen LogP contribution >= 0.6 is 0 Å². The number of para-hydroxylation sites is 1. The summed E-state index contributed by atoms with van der Waals surface area (Å²) in [4.78, 5) is 16.8. The van der Waals surface area contributed by atoms with Gasteiger partial charge in [0, 0.05) is 32.5 Å². The standard InChI is InChI=1S/C21H24N4O3S/c1-17-8-10-18(11-9-17)29(27,28)24(2)20-7-4-3-6-19(20)21(26)23-12-5-14-25-15-13-22-16-25/h3-4,6-11,13,15-16H,5,12,14H2,1-2H3,(H,23,26). The van der Waals surface area contributed by atoms with E-state index in [1.54, 1.807) is 61.1 Å². The van der Waals surface area contributed by atoms with Crippen molar-refractivity contribution in [2.24, 2.45) is 0 Å². The summed E-state index contributed by atoms with van der Waals surface area (Å²) >= 11 is 0. The van der Waals surface area contributed by atoms with Crippen LogP contribution in [-0.2, 0) is 16.6 Å². The molecule has 29 heavy (non-hydrogen) atoms. The van der Waals surface area contributed by atoms with E-state index >= 15 is 0 Å². The van der Waals surface area contributed by atoms with Crippen LogP contribution < -0.4 is 9.62 Å². The van der Waals surface area contributed by atoms with Gasteiger partial charge in [-0.3, -0.25) is 9.10 Å². The van der Waals surface area contributed by atoms with Crippen LogP contribution in [0, 0.1) is 6.92 Å². The summed E-state index contributed by atoms with van der Waals surface area (Å²) in [5.74, 6) is -0.308. The van der Waals surface area contributed by atoms with Crippen LogP contribution in [0.5, 0.6) is 0 Å². The van der Waals surface area contributed by atoms with Crippen molar-refractivity contribution >= 4 is 21.6 Å². The quantitative estimate of drug-likeness (QED) is 0.577. The van der Waals surface area contributed by atoms with Gasteiger partial charge in [-0.05, 0) is 37.6 Å². The van der Waals surface area contributed by atoms with E-state index in [1.165, 1.54) is 7.05 Å². The van der Waals surface area contributed by atoms with Crippen LogP contribution in [0.3, 0.4) is 0 Å². The second-order valence-corrected chi connectivity index (χ2v) is 8.68. The largest absolute Gasteiger partial charge is 0.352 e. The number of hydrogen-bond acceptors (Lipinski definition) is 4. The summed E-state index contributed by atoms with van der Waals surface area (Å²) in [5.41, 5.74) is 1.62. The number of hydrogen-bond donors (Lipinski definition) is 1. The lowest BCUT2D eigenvalue weighted by Gasteiger charge is -2.22. The molecule has 3 rings (SSSR count). The van der Waals surface area contributed by atoms with Crippen LogP contribution in [0.25, 0.3) is 0 Å². The van der Waals surface area contributed by atoms with E-state index in [1.807, 2.05) is 17.7 Å². The Morgan fingerprint density at radius 3 is 2.55 bits per heavy atom. The van der Waals surface area contributed by atoms with Gasteiger partial charge < -0.3 is 9.88 Å². The van der Waals surface area contributed by atoms with Crippen molar-refractivity contribution in [1.82, 2.24) is 14.9 Å². The molecule has 0 spiro atoms. The van der Waals surface area contributed by atoms with Crippen LogP contribution in [-0.4, -0.2) is 37.5 Å². The normalized spacial score (nSPS) is 11.2. The zero-order valence-corrected chi connectivity index (χ0v) is 17.3. The molecule has 0 atom stereocenters. The first kappa shape index (κ1) is 20.6. The molecule has 0 fully saturated rings. The zero-order valence-electron chi connectivity index (χ0n) is 16.4. The van der Waals surface area contributed by atoms with Crippen molar-refractivity contribution in [3.63, 3.8) is 0 Å². The second-order valence-electron chi connectivity index (χ2n) is 6.71. The van der Waals surface area contributed by atoms with Gasteiger partial charge in [-0.1, -0.05) is 29.8 Å². The number of imidazole rings is 1. The zero-order chi connectivity index (χ0) is 20.9. The highest BCUT2D eigenvalue weighted by atomic mass is 32.2. The molecule has 7 nitrogen and oxygen atoms in total. The number of amides is 1. The fourth-order valence-corrected chi connectivity index (χ4v) is 4.13. The van der Waals surface area contributed by atoms with Crippen LogP contribution in [0.2, 0.25) is 0 Å². The third-order valence-corrected chi connectivity index (χ3v) is 6.39. The second kappa shape index (κ2) is 8.91. The molecule has 0 saturated heterocycles. The molecule has 0 aliphatic heterocycles. The Morgan fingerprint density at radius 1 is 1.14 bits per heavy atom. The van der Waals surface area contributed by atoms with Gasteiger partial charge in [0.1, 0.15) is 0 Å². The molecule has 1 aromatic heterocycles. The van der Waals surface area contributed by atoms with Crippen molar-refractivity contribution in [1.29, 1.82) is 0 Å². The molecule has 0 aliphatic rings. The van der Waals surface area contributed by atoms with Gasteiger partial charge in [-0.2, -0.15) is 0 Å². The van der Waals surface area contributed by atoms with Crippen molar-refractivity contribution < 1.29 is 13.2 Å². The summed E-state index contributed by atoms with van der Waals surface area (Å²) < 4.78 is 29.1. The molecular formula is C21H24N4O3S. The Morgan fingerprint density at radius 2 is 1.86 bits per heavy atom. The Labute approximate surface area is 171 Å². The number of nitrogens with one attached hydrogen (secondary N) is 1. The van der Waals surface area contributed by atoms with E-state index < -0.39 is 10.0 Å². The minimum Gasteiger partial charge on any atom is -0.352 e. The van der Waals surface area contributed by atoms with Crippen molar-refractivity contribution in [3.8, 4) is 0 Å². The van der Waals surface area contributed by atoms with E-state index in [4.69, 9.17) is 0 Å². The first-order valence-electron chi connectivity index (χ1n) is 9.28. The van der Waals surface area contributed by atoms with Crippen LogP contribution in [0.1, 0.15) is 22.3 Å². The third-order valence-electron chi connectivity index (χ3n) is 4.61. The van der Waals surface area contributed by atoms with E-state index in [0.717, 1.165) is 22.8 Å². The predicted molar refractivity (Wildman–Crippen MR) is 112 cm³/mol. The Kier molecular flexibility index (Phi) is 6.33. The maximum Gasteiger partial charge on any atom is 0.264 e. The van der Waals surface area contributed by atoms with Gasteiger partial charge in [0.05, 0.1) is 22.5 Å². The van der Waals surface area contributed by atoms with Gasteiger partial charge >= 0.3 is 0 Å². The maximum atomic E-state index is 13.0. The smallest absolute Gasteiger partial charge is 0.264 e. The van der Waals surface area contributed by atoms with E-state index in [-0.39, 0.29) is 10.8 Å². The molecular weight excluding hydrogens is 388 g/mol. The highest BCUT2D eigenvalue weighted by Crippen LogP contribution is 2.25. The number of nitrogens with zero attached hydrogens (tertiary/aromatic N) is 3. The summed E-state index contributed by atoms with van der Waals surface area (Å²) in [6.45, 7) is 3.11. The molecule has 3 aromatic rings. The topological polar surface area (TPSA) is 84.3 Å². The lowest BCUT2D eigenvalue weighted by molar-refractivity contribution is 0.0953. The SMILES string of the molecule is Cc1ccc(S(=O)(=O)N(C)c2ccccc2C(=O)NCCCn2ccnc2)cc1. The number of sulfonamides is 1. The molecule has 8 heteroatoms. The van der Waals surface area contributed by atoms with Gasteiger partial charge in [0.15, 0.2) is 0 Å². The highest BCUT2D eigenvalue weighted by Gasteiger charge is 2.24. The van der Waals surface area contributed by atoms with Crippen molar-refractivity contribution in [2.45, 2.75) is 24.8 Å². The number of aromatic nitrogens is 2. The predicted octanol–water partition coefficient (Wildman–Crippen LogP) is 2.84. The number of aryl methyl sites for hydroxylation is 2.